The number of hydrogen-bond acceptors (Lipinski definition) is 7. The Bertz CT molecular complexity index is 590. The Hall–Kier alpha value is -0.930. The fraction of sp³-hybridized carbons (Fsp3) is 0.500. The van der Waals surface area contributed by atoms with Crippen LogP contribution in [0.1, 0.15) is 30.8 Å². The normalized spacial score (nSPS) is 18.1. The molecule has 0 radical (unpaired) electrons. The van der Waals surface area contributed by atoms with E-state index < -0.39 is 5.97 Å². The molecule has 0 spiro atoms. The summed E-state index contributed by atoms with van der Waals surface area (Å²) in [5.74, 6) is -0.612. The van der Waals surface area contributed by atoms with Crippen LogP contribution in [0.25, 0.3) is 0 Å². The van der Waals surface area contributed by atoms with E-state index in [1.54, 1.807) is 6.92 Å². The number of hydrogen-bond donors (Lipinski definition) is 0. The Labute approximate surface area is 138 Å². The van der Waals surface area contributed by atoms with Gasteiger partial charge in [-0.25, -0.2) is 9.78 Å². The smallest absolute Gasteiger partial charge is 0.359 e. The quantitative estimate of drug-likeness (QED) is 0.732. The van der Waals surface area contributed by atoms with Crippen molar-refractivity contribution in [2.75, 3.05) is 18.1 Å². The summed E-state index contributed by atoms with van der Waals surface area (Å²) in [5, 5.41) is 0.368. The van der Waals surface area contributed by atoms with Crippen molar-refractivity contribution in [1.82, 2.24) is 4.98 Å². The van der Waals surface area contributed by atoms with E-state index >= 15 is 0 Å². The van der Waals surface area contributed by atoms with Crippen molar-refractivity contribution in [2.45, 2.75) is 25.5 Å². The molecule has 0 aliphatic carbocycles. The number of amides is 1. The molecule has 1 amide bonds. The molecule has 1 unspecified atom stereocenters. The first-order valence-electron chi connectivity index (χ1n) is 6.23. The van der Waals surface area contributed by atoms with Crippen LogP contribution in [-0.4, -0.2) is 40.4 Å². The zero-order valence-corrected chi connectivity index (χ0v) is 14.6. The summed E-state index contributed by atoms with van der Waals surface area (Å²) in [6.45, 7) is 3.88. The SMILES string of the molecule is CCOC(=O)c1nc(N2CC(SC(C)=O)CC2=O)sc1Br. The summed E-state index contributed by atoms with van der Waals surface area (Å²) in [6.07, 6.45) is 0.302. The third kappa shape index (κ3) is 3.83. The van der Waals surface area contributed by atoms with Crippen molar-refractivity contribution >= 4 is 61.2 Å². The highest BCUT2D eigenvalue weighted by molar-refractivity contribution is 9.11. The molecule has 21 heavy (non-hydrogen) atoms. The number of ether oxygens (including phenoxy) is 1. The molecule has 0 aromatic carbocycles. The van der Waals surface area contributed by atoms with Crippen LogP contribution in [0.2, 0.25) is 0 Å². The van der Waals surface area contributed by atoms with Gasteiger partial charge in [-0.3, -0.25) is 14.5 Å². The first-order valence-corrected chi connectivity index (χ1v) is 8.72. The Morgan fingerprint density at radius 3 is 2.90 bits per heavy atom. The molecule has 1 atom stereocenters. The van der Waals surface area contributed by atoms with Gasteiger partial charge in [-0.1, -0.05) is 23.1 Å². The molecular weight excluding hydrogens is 380 g/mol. The highest BCUT2D eigenvalue weighted by Crippen LogP contribution is 2.35. The van der Waals surface area contributed by atoms with Crippen molar-refractivity contribution in [1.29, 1.82) is 0 Å². The molecule has 0 N–H and O–H groups in total. The topological polar surface area (TPSA) is 76.6 Å². The number of carbonyl (C=O) groups is 3. The molecule has 0 saturated carbocycles. The molecule has 1 aliphatic rings. The fourth-order valence-electron chi connectivity index (χ4n) is 1.91. The predicted molar refractivity (Wildman–Crippen MR) is 84.8 cm³/mol. The van der Waals surface area contributed by atoms with E-state index in [4.69, 9.17) is 4.74 Å². The zero-order chi connectivity index (χ0) is 15.6. The van der Waals surface area contributed by atoms with Gasteiger partial charge in [0.25, 0.3) is 0 Å². The molecule has 6 nitrogen and oxygen atoms in total. The Morgan fingerprint density at radius 2 is 2.29 bits per heavy atom. The summed E-state index contributed by atoms with van der Waals surface area (Å²) in [5.41, 5.74) is 0.173. The van der Waals surface area contributed by atoms with Gasteiger partial charge in [-0.2, -0.15) is 0 Å². The molecule has 2 heterocycles. The molecule has 1 aromatic heterocycles. The number of anilines is 1. The summed E-state index contributed by atoms with van der Waals surface area (Å²) < 4.78 is 5.44. The van der Waals surface area contributed by atoms with E-state index in [1.165, 1.54) is 23.2 Å². The average molecular weight is 393 g/mol. The highest BCUT2D eigenvalue weighted by atomic mass is 79.9. The van der Waals surface area contributed by atoms with E-state index in [-0.39, 0.29) is 28.6 Å². The lowest BCUT2D eigenvalue weighted by Gasteiger charge is -2.11. The Balaban J connectivity index is 2.15. The Kier molecular flexibility index (Phi) is 5.39. The monoisotopic (exact) mass is 392 g/mol. The fourth-order valence-corrected chi connectivity index (χ4v) is 4.32. The van der Waals surface area contributed by atoms with Gasteiger partial charge < -0.3 is 4.74 Å². The zero-order valence-electron chi connectivity index (χ0n) is 11.4. The van der Waals surface area contributed by atoms with E-state index in [9.17, 15) is 14.4 Å². The number of rotatable bonds is 4. The third-order valence-electron chi connectivity index (χ3n) is 2.70. The van der Waals surface area contributed by atoms with Gasteiger partial charge in [0.1, 0.15) is 3.79 Å². The summed E-state index contributed by atoms with van der Waals surface area (Å²) in [4.78, 5) is 40.6. The molecular formula is C12H13BrN2O4S2. The van der Waals surface area contributed by atoms with Gasteiger partial charge in [0, 0.05) is 25.1 Å². The first kappa shape index (κ1) is 16.4. The minimum atomic E-state index is -0.520. The lowest BCUT2D eigenvalue weighted by atomic mass is 10.4. The molecule has 1 aliphatic heterocycles. The number of thioether (sulfide) groups is 1. The van der Waals surface area contributed by atoms with E-state index in [2.05, 4.69) is 20.9 Å². The van der Waals surface area contributed by atoms with Gasteiger partial charge >= 0.3 is 5.97 Å². The van der Waals surface area contributed by atoms with Crippen molar-refractivity contribution in [2.24, 2.45) is 0 Å². The van der Waals surface area contributed by atoms with E-state index in [0.29, 0.717) is 21.9 Å². The highest BCUT2D eigenvalue weighted by Gasteiger charge is 2.34. The number of carbonyl (C=O) groups excluding carboxylic acids is 3. The van der Waals surface area contributed by atoms with Crippen LogP contribution in [0.5, 0.6) is 0 Å². The maximum absolute atomic E-state index is 12.0. The summed E-state index contributed by atoms with van der Waals surface area (Å²) in [7, 11) is 0. The van der Waals surface area contributed by atoms with Crippen molar-refractivity contribution in [3.8, 4) is 0 Å². The van der Waals surface area contributed by atoms with Crippen molar-refractivity contribution < 1.29 is 19.1 Å². The van der Waals surface area contributed by atoms with Gasteiger partial charge in [0.05, 0.1) is 6.61 Å². The molecule has 9 heteroatoms. The van der Waals surface area contributed by atoms with E-state index in [1.807, 2.05) is 0 Å². The maximum atomic E-state index is 12.0. The Morgan fingerprint density at radius 1 is 1.57 bits per heavy atom. The largest absolute Gasteiger partial charge is 0.461 e. The van der Waals surface area contributed by atoms with Crippen LogP contribution >= 0.6 is 39.0 Å². The van der Waals surface area contributed by atoms with Crippen LogP contribution in [0.4, 0.5) is 5.13 Å². The van der Waals surface area contributed by atoms with Crippen molar-refractivity contribution in [3.05, 3.63) is 9.48 Å². The van der Waals surface area contributed by atoms with Crippen LogP contribution in [-0.2, 0) is 14.3 Å². The summed E-state index contributed by atoms with van der Waals surface area (Å²) in [6, 6.07) is 0. The number of esters is 1. The van der Waals surface area contributed by atoms with Gasteiger partial charge in [-0.15, -0.1) is 0 Å². The third-order valence-corrected chi connectivity index (χ3v) is 5.41. The van der Waals surface area contributed by atoms with Crippen LogP contribution < -0.4 is 4.90 Å². The van der Waals surface area contributed by atoms with Gasteiger partial charge in [0.15, 0.2) is 15.9 Å². The lowest BCUT2D eigenvalue weighted by Crippen LogP contribution is -2.25. The van der Waals surface area contributed by atoms with Crippen LogP contribution in [0.3, 0.4) is 0 Å². The standard InChI is InChI=1S/C12H13BrN2O4S2/c1-3-19-11(18)9-10(13)21-12(14-9)15-5-7(4-8(15)17)20-6(2)16/h7H,3-5H2,1-2H3. The second-order valence-corrected chi connectivity index (χ2v) is 8.05. The molecule has 0 bridgehead atoms. The summed E-state index contributed by atoms with van der Waals surface area (Å²) >= 11 is 5.64. The van der Waals surface area contributed by atoms with Crippen LogP contribution in [0.15, 0.2) is 3.79 Å². The molecule has 1 fully saturated rings. The minimum Gasteiger partial charge on any atom is -0.461 e. The molecule has 1 saturated heterocycles. The number of aromatic nitrogens is 1. The molecule has 1 aromatic rings. The predicted octanol–water partition coefficient (Wildman–Crippen LogP) is 2.47. The maximum Gasteiger partial charge on any atom is 0.359 e. The average Bonchev–Trinajstić information content (AvgIpc) is 2.92. The van der Waals surface area contributed by atoms with Gasteiger partial charge in [0.2, 0.25) is 5.91 Å². The second-order valence-electron chi connectivity index (χ2n) is 4.28. The van der Waals surface area contributed by atoms with Gasteiger partial charge in [-0.05, 0) is 22.9 Å². The van der Waals surface area contributed by atoms with Crippen molar-refractivity contribution in [3.63, 3.8) is 0 Å². The number of halogens is 1. The lowest BCUT2D eigenvalue weighted by molar-refractivity contribution is -0.117. The minimum absolute atomic E-state index is 0.0119. The first-order chi connectivity index (χ1) is 9.92. The van der Waals surface area contributed by atoms with Crippen LogP contribution in [0, 0.1) is 0 Å². The second kappa shape index (κ2) is 6.89. The number of thiazole rings is 1. The number of nitrogens with zero attached hydrogens (tertiary/aromatic N) is 2. The molecule has 114 valence electrons. The van der Waals surface area contributed by atoms with E-state index in [0.717, 1.165) is 11.8 Å². The molecule has 2 rings (SSSR count).